The smallest absolute Gasteiger partial charge is 0.255 e. The molecule has 1 aromatic rings. The predicted molar refractivity (Wildman–Crippen MR) is 82.5 cm³/mol. The van der Waals surface area contributed by atoms with E-state index in [1.54, 1.807) is 6.07 Å². The largest absolute Gasteiger partial charge is 0.342 e. The molecule has 5 nitrogen and oxygen atoms in total. The molecule has 1 fully saturated rings. The SMILES string of the molecule is CCc1cc(=O)n(CCCN(C)C)c(N2CCCC2)n1. The quantitative estimate of drug-likeness (QED) is 0.788. The standard InChI is InChI=1S/C15H26N4O/c1-4-13-12-14(20)19(11-7-8-17(2)3)15(16-13)18-9-5-6-10-18/h12H,4-11H2,1-3H3. The zero-order valence-electron chi connectivity index (χ0n) is 12.9. The van der Waals surface area contributed by atoms with Gasteiger partial charge in [-0.2, -0.15) is 0 Å². The first-order chi connectivity index (χ1) is 9.61. The van der Waals surface area contributed by atoms with Crippen LogP contribution in [-0.2, 0) is 13.0 Å². The van der Waals surface area contributed by atoms with Gasteiger partial charge in [0.05, 0.1) is 0 Å². The van der Waals surface area contributed by atoms with Crippen LogP contribution in [0.4, 0.5) is 5.95 Å². The minimum absolute atomic E-state index is 0.0949. The van der Waals surface area contributed by atoms with Gasteiger partial charge in [-0.3, -0.25) is 9.36 Å². The van der Waals surface area contributed by atoms with E-state index in [0.29, 0.717) is 0 Å². The van der Waals surface area contributed by atoms with Crippen LogP contribution in [0.5, 0.6) is 0 Å². The summed E-state index contributed by atoms with van der Waals surface area (Å²) in [5.74, 6) is 0.880. The molecule has 0 N–H and O–H groups in total. The molecule has 0 unspecified atom stereocenters. The Balaban J connectivity index is 2.24. The van der Waals surface area contributed by atoms with Gasteiger partial charge in [0.1, 0.15) is 0 Å². The van der Waals surface area contributed by atoms with Crippen molar-refractivity contribution in [2.45, 2.75) is 39.2 Å². The highest BCUT2D eigenvalue weighted by Gasteiger charge is 2.18. The summed E-state index contributed by atoms with van der Waals surface area (Å²) in [6.45, 7) is 5.83. The normalized spacial score (nSPS) is 15.3. The first kappa shape index (κ1) is 15.0. The Morgan fingerprint density at radius 3 is 2.60 bits per heavy atom. The van der Waals surface area contributed by atoms with E-state index in [4.69, 9.17) is 4.98 Å². The van der Waals surface area contributed by atoms with Gasteiger partial charge in [0.25, 0.3) is 5.56 Å². The molecule has 1 saturated heterocycles. The van der Waals surface area contributed by atoms with Crippen LogP contribution in [0.1, 0.15) is 31.9 Å². The second kappa shape index (κ2) is 6.88. The maximum Gasteiger partial charge on any atom is 0.255 e. The third-order valence-electron chi connectivity index (χ3n) is 3.78. The maximum atomic E-state index is 12.3. The topological polar surface area (TPSA) is 41.4 Å². The monoisotopic (exact) mass is 278 g/mol. The van der Waals surface area contributed by atoms with E-state index in [0.717, 1.165) is 50.7 Å². The lowest BCUT2D eigenvalue weighted by Crippen LogP contribution is -2.32. The van der Waals surface area contributed by atoms with Crippen LogP contribution in [0, 0.1) is 0 Å². The maximum absolute atomic E-state index is 12.3. The van der Waals surface area contributed by atoms with Gasteiger partial charge in [0.15, 0.2) is 0 Å². The number of aromatic nitrogens is 2. The van der Waals surface area contributed by atoms with Gasteiger partial charge in [-0.05, 0) is 46.3 Å². The van der Waals surface area contributed by atoms with E-state index in [-0.39, 0.29) is 5.56 Å². The van der Waals surface area contributed by atoms with E-state index in [1.807, 2.05) is 11.5 Å². The van der Waals surface area contributed by atoms with Crippen molar-refractivity contribution in [3.63, 3.8) is 0 Å². The van der Waals surface area contributed by atoms with Gasteiger partial charge >= 0.3 is 0 Å². The average molecular weight is 278 g/mol. The summed E-state index contributed by atoms with van der Waals surface area (Å²) < 4.78 is 1.86. The average Bonchev–Trinajstić information content (AvgIpc) is 2.93. The molecule has 2 heterocycles. The molecule has 0 atom stereocenters. The fourth-order valence-corrected chi connectivity index (χ4v) is 2.64. The van der Waals surface area contributed by atoms with Gasteiger partial charge in [0.2, 0.25) is 5.95 Å². The first-order valence-corrected chi connectivity index (χ1v) is 7.62. The van der Waals surface area contributed by atoms with Crippen molar-refractivity contribution < 1.29 is 0 Å². The number of aryl methyl sites for hydroxylation is 1. The molecule has 0 aromatic carbocycles. The molecule has 0 radical (unpaired) electrons. The molecule has 1 aromatic heterocycles. The molecule has 0 bridgehead atoms. The Kier molecular flexibility index (Phi) is 5.17. The molecule has 0 spiro atoms. The Morgan fingerprint density at radius 2 is 2.00 bits per heavy atom. The molecule has 2 rings (SSSR count). The summed E-state index contributed by atoms with van der Waals surface area (Å²) in [6, 6.07) is 1.69. The van der Waals surface area contributed by atoms with Crippen molar-refractivity contribution in [2.24, 2.45) is 0 Å². The lowest BCUT2D eigenvalue weighted by molar-refractivity contribution is 0.384. The molecule has 5 heteroatoms. The molecule has 0 saturated carbocycles. The van der Waals surface area contributed by atoms with E-state index in [9.17, 15) is 4.79 Å². The summed E-state index contributed by atoms with van der Waals surface area (Å²) in [4.78, 5) is 21.4. The molecule has 112 valence electrons. The van der Waals surface area contributed by atoms with E-state index < -0.39 is 0 Å². The second-order valence-corrected chi connectivity index (χ2v) is 5.74. The van der Waals surface area contributed by atoms with Crippen molar-refractivity contribution in [3.8, 4) is 0 Å². The van der Waals surface area contributed by atoms with Crippen LogP contribution in [0.2, 0.25) is 0 Å². The van der Waals surface area contributed by atoms with Crippen molar-refractivity contribution in [2.75, 3.05) is 38.6 Å². The number of hydrogen-bond donors (Lipinski definition) is 0. The third kappa shape index (κ3) is 3.60. The Bertz CT molecular complexity index is 489. The number of rotatable bonds is 6. The zero-order valence-corrected chi connectivity index (χ0v) is 12.9. The number of nitrogens with zero attached hydrogens (tertiary/aromatic N) is 4. The minimum Gasteiger partial charge on any atom is -0.342 e. The molecule has 1 aliphatic heterocycles. The van der Waals surface area contributed by atoms with E-state index >= 15 is 0 Å². The molecular weight excluding hydrogens is 252 g/mol. The lowest BCUT2D eigenvalue weighted by atomic mass is 10.3. The van der Waals surface area contributed by atoms with Crippen molar-refractivity contribution in [3.05, 3.63) is 22.1 Å². The van der Waals surface area contributed by atoms with Crippen molar-refractivity contribution in [1.29, 1.82) is 0 Å². The van der Waals surface area contributed by atoms with Gasteiger partial charge < -0.3 is 9.80 Å². The summed E-state index contributed by atoms with van der Waals surface area (Å²) in [7, 11) is 4.12. The zero-order chi connectivity index (χ0) is 14.5. The van der Waals surface area contributed by atoms with Crippen LogP contribution in [0.15, 0.2) is 10.9 Å². The van der Waals surface area contributed by atoms with E-state index in [2.05, 4.69) is 23.9 Å². The summed E-state index contributed by atoms with van der Waals surface area (Å²) in [5.41, 5.74) is 0.998. The fourth-order valence-electron chi connectivity index (χ4n) is 2.64. The number of anilines is 1. The molecule has 20 heavy (non-hydrogen) atoms. The highest BCUT2D eigenvalue weighted by molar-refractivity contribution is 5.33. The van der Waals surface area contributed by atoms with Gasteiger partial charge in [0, 0.05) is 31.4 Å². The van der Waals surface area contributed by atoms with E-state index in [1.165, 1.54) is 12.8 Å². The summed E-state index contributed by atoms with van der Waals surface area (Å²) >= 11 is 0. The molecular formula is C15H26N4O. The van der Waals surface area contributed by atoms with Crippen molar-refractivity contribution in [1.82, 2.24) is 14.5 Å². The Hall–Kier alpha value is -1.36. The van der Waals surface area contributed by atoms with Gasteiger partial charge in [-0.1, -0.05) is 6.92 Å². The molecule has 1 aliphatic rings. The highest BCUT2D eigenvalue weighted by atomic mass is 16.1. The Labute approximate surface area is 121 Å². The summed E-state index contributed by atoms with van der Waals surface area (Å²) in [5, 5.41) is 0. The lowest BCUT2D eigenvalue weighted by Gasteiger charge is -2.22. The molecule has 0 aliphatic carbocycles. The second-order valence-electron chi connectivity index (χ2n) is 5.74. The number of hydrogen-bond acceptors (Lipinski definition) is 4. The first-order valence-electron chi connectivity index (χ1n) is 7.62. The third-order valence-corrected chi connectivity index (χ3v) is 3.78. The van der Waals surface area contributed by atoms with Crippen molar-refractivity contribution >= 4 is 5.95 Å². The van der Waals surface area contributed by atoms with Crippen LogP contribution < -0.4 is 10.5 Å². The van der Waals surface area contributed by atoms with Crippen LogP contribution >= 0.6 is 0 Å². The Morgan fingerprint density at radius 1 is 1.30 bits per heavy atom. The van der Waals surface area contributed by atoms with Crippen LogP contribution in [-0.4, -0.2) is 48.2 Å². The van der Waals surface area contributed by atoms with Crippen LogP contribution in [0.3, 0.4) is 0 Å². The summed E-state index contributed by atoms with van der Waals surface area (Å²) in [6.07, 6.45) is 4.18. The minimum atomic E-state index is 0.0949. The van der Waals surface area contributed by atoms with Crippen LogP contribution in [0.25, 0.3) is 0 Å². The van der Waals surface area contributed by atoms with Gasteiger partial charge in [-0.25, -0.2) is 4.98 Å². The van der Waals surface area contributed by atoms with Gasteiger partial charge in [-0.15, -0.1) is 0 Å². The fraction of sp³-hybridized carbons (Fsp3) is 0.733. The molecule has 0 amide bonds. The highest BCUT2D eigenvalue weighted by Crippen LogP contribution is 2.17. The predicted octanol–water partition coefficient (Wildman–Crippen LogP) is 1.36.